The maximum Gasteiger partial charge on any atom is 0.203 e. The maximum absolute atomic E-state index is 12.2. The molecule has 0 aliphatic heterocycles. The fourth-order valence-corrected chi connectivity index (χ4v) is 3.99. The Balaban J connectivity index is 3.71. The zero-order valence-corrected chi connectivity index (χ0v) is 11.5. The highest BCUT2D eigenvalue weighted by molar-refractivity contribution is 7.58. The van der Waals surface area contributed by atoms with Crippen molar-refractivity contribution in [1.29, 1.82) is 0 Å². The van der Waals surface area contributed by atoms with Crippen LogP contribution in [0.5, 0.6) is 0 Å². The summed E-state index contributed by atoms with van der Waals surface area (Å²) in [5, 5.41) is 0. The zero-order chi connectivity index (χ0) is 11.6. The average Bonchev–Trinajstić information content (AvgIpc) is 2.18. The molecule has 0 aromatic heterocycles. The SMILES string of the molecule is CCCCCCOP(=O)(CCC)CCC. The number of hydrogen-bond acceptors (Lipinski definition) is 2. The van der Waals surface area contributed by atoms with Crippen LogP contribution in [0.15, 0.2) is 0 Å². The Labute approximate surface area is 95.2 Å². The van der Waals surface area contributed by atoms with E-state index in [9.17, 15) is 4.57 Å². The van der Waals surface area contributed by atoms with Crippen LogP contribution in [0.1, 0.15) is 59.3 Å². The lowest BCUT2D eigenvalue weighted by atomic mass is 10.2. The highest BCUT2D eigenvalue weighted by Gasteiger charge is 2.19. The molecule has 0 saturated carbocycles. The van der Waals surface area contributed by atoms with Crippen LogP contribution in [0.3, 0.4) is 0 Å². The molecule has 0 saturated heterocycles. The topological polar surface area (TPSA) is 26.3 Å². The molecule has 0 fully saturated rings. The van der Waals surface area contributed by atoms with Gasteiger partial charge in [0.05, 0.1) is 6.61 Å². The second kappa shape index (κ2) is 9.42. The van der Waals surface area contributed by atoms with Gasteiger partial charge in [0, 0.05) is 12.3 Å². The van der Waals surface area contributed by atoms with Gasteiger partial charge >= 0.3 is 0 Å². The highest BCUT2D eigenvalue weighted by Crippen LogP contribution is 2.48. The minimum atomic E-state index is -2.27. The lowest BCUT2D eigenvalue weighted by Gasteiger charge is -2.17. The fourth-order valence-electron chi connectivity index (χ4n) is 1.68. The van der Waals surface area contributed by atoms with Gasteiger partial charge in [-0.2, -0.15) is 0 Å². The minimum Gasteiger partial charge on any atom is -0.328 e. The van der Waals surface area contributed by atoms with Crippen LogP contribution < -0.4 is 0 Å². The van der Waals surface area contributed by atoms with Crippen molar-refractivity contribution >= 4 is 7.37 Å². The van der Waals surface area contributed by atoms with Crippen LogP contribution in [0, 0.1) is 0 Å². The smallest absolute Gasteiger partial charge is 0.203 e. The second-order valence-electron chi connectivity index (χ2n) is 4.16. The third-order valence-electron chi connectivity index (χ3n) is 2.45. The van der Waals surface area contributed by atoms with Crippen molar-refractivity contribution in [2.75, 3.05) is 18.9 Å². The van der Waals surface area contributed by atoms with E-state index >= 15 is 0 Å². The Kier molecular flexibility index (Phi) is 9.54. The van der Waals surface area contributed by atoms with E-state index in [1.165, 1.54) is 19.3 Å². The first kappa shape index (κ1) is 15.2. The lowest BCUT2D eigenvalue weighted by Crippen LogP contribution is -2.01. The van der Waals surface area contributed by atoms with Gasteiger partial charge < -0.3 is 4.52 Å². The number of hydrogen-bond donors (Lipinski definition) is 0. The first-order chi connectivity index (χ1) is 7.18. The minimum absolute atomic E-state index is 0.692. The van der Waals surface area contributed by atoms with Crippen LogP contribution in [-0.4, -0.2) is 18.9 Å². The fraction of sp³-hybridized carbons (Fsp3) is 1.00. The summed E-state index contributed by atoms with van der Waals surface area (Å²) >= 11 is 0. The van der Waals surface area contributed by atoms with Gasteiger partial charge in [-0.25, -0.2) is 0 Å². The normalized spacial score (nSPS) is 11.9. The zero-order valence-electron chi connectivity index (χ0n) is 10.6. The monoisotopic (exact) mass is 234 g/mol. The maximum atomic E-state index is 12.2. The van der Waals surface area contributed by atoms with Gasteiger partial charge in [-0.1, -0.05) is 40.0 Å². The van der Waals surface area contributed by atoms with Crippen LogP contribution in [-0.2, 0) is 9.09 Å². The summed E-state index contributed by atoms with van der Waals surface area (Å²) in [6, 6.07) is 0. The molecule has 0 bridgehead atoms. The summed E-state index contributed by atoms with van der Waals surface area (Å²) in [4.78, 5) is 0. The van der Waals surface area contributed by atoms with Gasteiger partial charge in [-0.05, 0) is 19.3 Å². The molecule has 0 radical (unpaired) electrons. The first-order valence-electron chi connectivity index (χ1n) is 6.41. The third kappa shape index (κ3) is 8.04. The van der Waals surface area contributed by atoms with Crippen molar-refractivity contribution in [3.63, 3.8) is 0 Å². The van der Waals surface area contributed by atoms with Crippen LogP contribution in [0.4, 0.5) is 0 Å². The average molecular weight is 234 g/mol. The first-order valence-corrected chi connectivity index (χ1v) is 8.40. The second-order valence-corrected chi connectivity index (χ2v) is 6.94. The molecule has 0 unspecified atom stereocenters. The summed E-state index contributed by atoms with van der Waals surface area (Å²) < 4.78 is 17.8. The van der Waals surface area contributed by atoms with Crippen LogP contribution in [0.2, 0.25) is 0 Å². The van der Waals surface area contributed by atoms with Crippen molar-refractivity contribution in [1.82, 2.24) is 0 Å². The Hall–Kier alpha value is 0.190. The molecule has 15 heavy (non-hydrogen) atoms. The molecule has 0 heterocycles. The van der Waals surface area contributed by atoms with Crippen molar-refractivity contribution < 1.29 is 9.09 Å². The lowest BCUT2D eigenvalue weighted by molar-refractivity contribution is 0.301. The molecule has 92 valence electrons. The van der Waals surface area contributed by atoms with Crippen LogP contribution in [0.25, 0.3) is 0 Å². The van der Waals surface area contributed by atoms with Gasteiger partial charge in [-0.3, -0.25) is 4.57 Å². The largest absolute Gasteiger partial charge is 0.328 e. The molecule has 0 aliphatic rings. The molecule has 2 nitrogen and oxygen atoms in total. The Morgan fingerprint density at radius 2 is 1.47 bits per heavy atom. The highest BCUT2D eigenvalue weighted by atomic mass is 31.2. The van der Waals surface area contributed by atoms with E-state index in [2.05, 4.69) is 20.8 Å². The van der Waals surface area contributed by atoms with Crippen molar-refractivity contribution in [3.8, 4) is 0 Å². The van der Waals surface area contributed by atoms with E-state index in [4.69, 9.17) is 4.52 Å². The van der Waals surface area contributed by atoms with Crippen LogP contribution >= 0.6 is 7.37 Å². The predicted molar refractivity (Wildman–Crippen MR) is 68.0 cm³/mol. The molecule has 0 aromatic rings. The van der Waals surface area contributed by atoms with Gasteiger partial charge in [-0.15, -0.1) is 0 Å². The van der Waals surface area contributed by atoms with E-state index in [0.29, 0.717) is 6.61 Å². The molecule has 0 N–H and O–H groups in total. The molecule has 0 rings (SSSR count). The molecule has 0 aliphatic carbocycles. The van der Waals surface area contributed by atoms with Crippen molar-refractivity contribution in [2.45, 2.75) is 59.3 Å². The van der Waals surface area contributed by atoms with E-state index in [0.717, 1.165) is 31.6 Å². The molecule has 3 heteroatoms. The Morgan fingerprint density at radius 3 is 1.93 bits per heavy atom. The summed E-state index contributed by atoms with van der Waals surface area (Å²) in [5.74, 6) is 0. The van der Waals surface area contributed by atoms with Crippen molar-refractivity contribution in [2.24, 2.45) is 0 Å². The summed E-state index contributed by atoms with van der Waals surface area (Å²) in [6.45, 7) is 7.03. The van der Waals surface area contributed by atoms with Crippen molar-refractivity contribution in [3.05, 3.63) is 0 Å². The van der Waals surface area contributed by atoms with Gasteiger partial charge in [0.2, 0.25) is 7.37 Å². The molecular formula is C12H27O2P. The predicted octanol–water partition coefficient (Wildman–Crippen LogP) is 4.68. The molecule has 0 amide bonds. The van der Waals surface area contributed by atoms with E-state index in [1.54, 1.807) is 0 Å². The molecule has 0 aromatic carbocycles. The summed E-state index contributed by atoms with van der Waals surface area (Å²) in [6.07, 6.45) is 8.21. The molecule has 0 spiro atoms. The Bertz CT molecular complexity index is 170. The quantitative estimate of drug-likeness (QED) is 0.405. The van der Waals surface area contributed by atoms with Gasteiger partial charge in [0.15, 0.2) is 0 Å². The summed E-state index contributed by atoms with van der Waals surface area (Å²) in [7, 11) is -2.27. The molecule has 0 atom stereocenters. The summed E-state index contributed by atoms with van der Waals surface area (Å²) in [5.41, 5.74) is 0. The number of rotatable bonds is 10. The van der Waals surface area contributed by atoms with E-state index in [1.807, 2.05) is 0 Å². The van der Waals surface area contributed by atoms with E-state index < -0.39 is 7.37 Å². The molecular weight excluding hydrogens is 207 g/mol. The third-order valence-corrected chi connectivity index (χ3v) is 5.36. The standard InChI is InChI=1S/C12H27O2P/c1-4-7-8-9-10-14-15(13,11-5-2)12-6-3/h4-12H2,1-3H3. The number of unbranched alkanes of at least 4 members (excludes halogenated alkanes) is 3. The van der Waals surface area contributed by atoms with E-state index in [-0.39, 0.29) is 0 Å². The Morgan fingerprint density at radius 1 is 0.867 bits per heavy atom. The van der Waals surface area contributed by atoms with Gasteiger partial charge in [0.1, 0.15) is 0 Å². The van der Waals surface area contributed by atoms with Gasteiger partial charge in [0.25, 0.3) is 0 Å².